The molecule has 180 valence electrons. The van der Waals surface area contributed by atoms with Crippen molar-refractivity contribution in [2.24, 2.45) is 0 Å². The number of piperazine rings is 1. The van der Waals surface area contributed by atoms with Crippen molar-refractivity contribution in [2.45, 2.75) is 38.1 Å². The second-order valence-corrected chi connectivity index (χ2v) is 10.3. The van der Waals surface area contributed by atoms with Gasteiger partial charge < -0.3 is 10.2 Å². The summed E-state index contributed by atoms with van der Waals surface area (Å²) in [7, 11) is 0. The summed E-state index contributed by atoms with van der Waals surface area (Å²) in [6, 6.07) is 15.5. The van der Waals surface area contributed by atoms with E-state index < -0.39 is 0 Å². The zero-order valence-corrected chi connectivity index (χ0v) is 20.3. The Labute approximate surface area is 207 Å². The predicted molar refractivity (Wildman–Crippen MR) is 139 cm³/mol. The molecule has 1 N–H and O–H groups in total. The van der Waals surface area contributed by atoms with Gasteiger partial charge in [-0.05, 0) is 43.2 Å². The van der Waals surface area contributed by atoms with Crippen LogP contribution in [0.2, 0.25) is 0 Å². The SMILES string of the molecule is O=C(c1cccc(Nc2nn3c(=O)c4ccccc4nc3s2)c1)N1CCN(C2CCCCC2)CC1. The van der Waals surface area contributed by atoms with Gasteiger partial charge in [0.1, 0.15) is 0 Å². The second kappa shape index (κ2) is 9.39. The van der Waals surface area contributed by atoms with Crippen molar-refractivity contribution in [1.82, 2.24) is 24.4 Å². The van der Waals surface area contributed by atoms with Gasteiger partial charge in [-0.15, -0.1) is 5.10 Å². The molecule has 1 saturated heterocycles. The minimum absolute atomic E-state index is 0.0605. The summed E-state index contributed by atoms with van der Waals surface area (Å²) >= 11 is 1.31. The van der Waals surface area contributed by atoms with Crippen molar-refractivity contribution in [1.29, 1.82) is 0 Å². The Morgan fingerprint density at radius 1 is 0.971 bits per heavy atom. The van der Waals surface area contributed by atoms with Gasteiger partial charge in [-0.1, -0.05) is 48.8 Å². The largest absolute Gasteiger partial charge is 0.336 e. The Hall–Kier alpha value is -3.30. The zero-order valence-electron chi connectivity index (χ0n) is 19.5. The van der Waals surface area contributed by atoms with Crippen LogP contribution in [0, 0.1) is 0 Å². The summed E-state index contributed by atoms with van der Waals surface area (Å²) < 4.78 is 1.33. The lowest BCUT2D eigenvalue weighted by Crippen LogP contribution is -2.52. The van der Waals surface area contributed by atoms with Crippen LogP contribution in [0.25, 0.3) is 15.9 Å². The topological polar surface area (TPSA) is 82.8 Å². The zero-order chi connectivity index (χ0) is 23.8. The molecular weight excluding hydrogens is 460 g/mol. The third-order valence-corrected chi connectivity index (χ3v) is 7.98. The summed E-state index contributed by atoms with van der Waals surface area (Å²) in [4.78, 5) is 35.6. The van der Waals surface area contributed by atoms with E-state index in [-0.39, 0.29) is 11.5 Å². The molecule has 0 atom stereocenters. The third kappa shape index (κ3) is 4.41. The minimum Gasteiger partial charge on any atom is -0.336 e. The first kappa shape index (κ1) is 22.2. The number of aromatic nitrogens is 3. The number of benzene rings is 2. The number of nitrogens with zero attached hydrogens (tertiary/aromatic N) is 5. The van der Waals surface area contributed by atoms with E-state index in [9.17, 15) is 9.59 Å². The molecule has 1 amide bonds. The Bertz CT molecular complexity index is 1430. The molecule has 8 nitrogen and oxygen atoms in total. The van der Waals surface area contributed by atoms with Crippen molar-refractivity contribution in [3.8, 4) is 0 Å². The molecule has 1 saturated carbocycles. The van der Waals surface area contributed by atoms with E-state index in [1.807, 2.05) is 47.4 Å². The van der Waals surface area contributed by atoms with Crippen molar-refractivity contribution in [3.05, 3.63) is 64.4 Å². The quantitative estimate of drug-likeness (QED) is 0.465. The molecule has 2 aromatic carbocycles. The standard InChI is InChI=1S/C26H28N6O2S/c33-23(31-15-13-30(14-16-31)20-9-2-1-3-10-20)18-7-6-8-19(17-18)27-25-29-32-24(34)21-11-4-5-12-22(21)28-26(32)35-25/h4-8,11-12,17,20H,1-3,9-10,13-16H2,(H,27,29). The van der Waals surface area contributed by atoms with Crippen molar-refractivity contribution < 1.29 is 4.79 Å². The minimum atomic E-state index is -0.189. The fourth-order valence-electron chi connectivity index (χ4n) is 5.28. The summed E-state index contributed by atoms with van der Waals surface area (Å²) in [5.41, 5.74) is 1.88. The summed E-state index contributed by atoms with van der Waals surface area (Å²) in [6.07, 6.45) is 6.62. The molecule has 0 unspecified atom stereocenters. The van der Waals surface area contributed by atoms with Gasteiger partial charge in [0.15, 0.2) is 0 Å². The number of anilines is 2. The number of fused-ring (bicyclic) bond motifs is 2. The van der Waals surface area contributed by atoms with Crippen molar-refractivity contribution in [2.75, 3.05) is 31.5 Å². The van der Waals surface area contributed by atoms with Gasteiger partial charge in [0.25, 0.3) is 11.5 Å². The molecule has 1 aliphatic heterocycles. The second-order valence-electron chi connectivity index (χ2n) is 9.36. The van der Waals surface area contributed by atoms with Gasteiger partial charge in [0.2, 0.25) is 10.1 Å². The average molecular weight is 489 g/mol. The van der Waals surface area contributed by atoms with Gasteiger partial charge in [-0.25, -0.2) is 4.98 Å². The molecular formula is C26H28N6O2S. The van der Waals surface area contributed by atoms with E-state index >= 15 is 0 Å². The highest BCUT2D eigenvalue weighted by atomic mass is 32.1. The fourth-order valence-corrected chi connectivity index (χ4v) is 6.10. The Balaban J connectivity index is 1.16. The van der Waals surface area contributed by atoms with E-state index in [0.29, 0.717) is 32.6 Å². The molecule has 2 aliphatic rings. The first-order chi connectivity index (χ1) is 17.2. The highest BCUT2D eigenvalue weighted by Gasteiger charge is 2.27. The lowest BCUT2D eigenvalue weighted by atomic mass is 9.94. The van der Waals surface area contributed by atoms with Crippen LogP contribution in [-0.2, 0) is 0 Å². The number of rotatable bonds is 4. The lowest BCUT2D eigenvalue weighted by molar-refractivity contribution is 0.0523. The maximum Gasteiger partial charge on any atom is 0.283 e. The third-order valence-electron chi connectivity index (χ3n) is 7.16. The van der Waals surface area contributed by atoms with Crippen LogP contribution in [0.15, 0.2) is 53.3 Å². The van der Waals surface area contributed by atoms with Gasteiger partial charge in [0.05, 0.1) is 10.9 Å². The number of carbonyl (C=O) groups excluding carboxylic acids is 1. The number of amides is 1. The Morgan fingerprint density at radius 2 is 1.77 bits per heavy atom. The van der Waals surface area contributed by atoms with Gasteiger partial charge in [0, 0.05) is 43.5 Å². The molecule has 1 aliphatic carbocycles. The number of hydrogen-bond donors (Lipinski definition) is 1. The van der Waals surface area contributed by atoms with E-state index in [1.54, 1.807) is 6.07 Å². The first-order valence-electron chi connectivity index (χ1n) is 12.3. The van der Waals surface area contributed by atoms with E-state index in [1.165, 1.54) is 48.0 Å². The van der Waals surface area contributed by atoms with Gasteiger partial charge >= 0.3 is 0 Å². The molecule has 0 bridgehead atoms. The number of para-hydroxylation sites is 1. The smallest absolute Gasteiger partial charge is 0.283 e. The maximum absolute atomic E-state index is 13.2. The average Bonchev–Trinajstić information content (AvgIpc) is 3.31. The monoisotopic (exact) mass is 488 g/mol. The van der Waals surface area contributed by atoms with Crippen LogP contribution >= 0.6 is 11.3 Å². The Morgan fingerprint density at radius 3 is 2.60 bits per heavy atom. The molecule has 2 fully saturated rings. The number of hydrogen-bond acceptors (Lipinski definition) is 7. The van der Waals surface area contributed by atoms with Crippen molar-refractivity contribution >= 4 is 43.9 Å². The fraction of sp³-hybridized carbons (Fsp3) is 0.385. The molecule has 35 heavy (non-hydrogen) atoms. The van der Waals surface area contributed by atoms with Crippen LogP contribution in [0.4, 0.5) is 10.8 Å². The van der Waals surface area contributed by atoms with Crippen LogP contribution in [0.1, 0.15) is 42.5 Å². The first-order valence-corrected chi connectivity index (χ1v) is 13.2. The van der Waals surface area contributed by atoms with Gasteiger partial charge in [-0.3, -0.25) is 14.5 Å². The van der Waals surface area contributed by atoms with E-state index in [0.717, 1.165) is 31.9 Å². The van der Waals surface area contributed by atoms with E-state index in [2.05, 4.69) is 20.3 Å². The molecule has 2 aromatic heterocycles. The van der Waals surface area contributed by atoms with Crippen LogP contribution in [-0.4, -0.2) is 62.5 Å². The maximum atomic E-state index is 13.2. The highest BCUT2D eigenvalue weighted by Crippen LogP contribution is 2.25. The number of carbonyl (C=O) groups is 1. The highest BCUT2D eigenvalue weighted by molar-refractivity contribution is 7.20. The van der Waals surface area contributed by atoms with Crippen LogP contribution in [0.5, 0.6) is 0 Å². The van der Waals surface area contributed by atoms with Crippen LogP contribution < -0.4 is 10.9 Å². The summed E-state index contributed by atoms with van der Waals surface area (Å²) in [5.74, 6) is 0.0605. The van der Waals surface area contributed by atoms with Crippen molar-refractivity contribution in [3.63, 3.8) is 0 Å². The predicted octanol–water partition coefficient (Wildman–Crippen LogP) is 4.14. The van der Waals surface area contributed by atoms with E-state index in [4.69, 9.17) is 0 Å². The molecule has 3 heterocycles. The number of nitrogens with one attached hydrogen (secondary N) is 1. The molecule has 0 spiro atoms. The molecule has 0 radical (unpaired) electrons. The molecule has 4 aromatic rings. The lowest BCUT2D eigenvalue weighted by Gasteiger charge is -2.40. The van der Waals surface area contributed by atoms with Crippen LogP contribution in [0.3, 0.4) is 0 Å². The molecule has 6 rings (SSSR count). The molecule has 9 heteroatoms. The van der Waals surface area contributed by atoms with Gasteiger partial charge in [-0.2, -0.15) is 4.52 Å². The summed E-state index contributed by atoms with van der Waals surface area (Å²) in [5, 5.41) is 8.77. The normalized spacial score (nSPS) is 17.8. The Kier molecular flexibility index (Phi) is 5.95. The summed E-state index contributed by atoms with van der Waals surface area (Å²) in [6.45, 7) is 3.45.